The van der Waals surface area contributed by atoms with E-state index in [1.807, 2.05) is 19.1 Å². The number of nitrogens with one attached hydrogen (secondary N) is 2. The van der Waals surface area contributed by atoms with Gasteiger partial charge >= 0.3 is 12.1 Å². The van der Waals surface area contributed by atoms with E-state index in [2.05, 4.69) is 10.6 Å². The molecule has 0 heterocycles. The molecule has 1 saturated carbocycles. The Morgan fingerprint density at radius 2 is 1.72 bits per heavy atom. The number of esters is 1. The van der Waals surface area contributed by atoms with Gasteiger partial charge in [0.25, 0.3) is 0 Å². The minimum absolute atomic E-state index is 0.0149. The van der Waals surface area contributed by atoms with Gasteiger partial charge in [-0.3, -0.25) is 19.2 Å². The Bertz CT molecular complexity index is 1020. The van der Waals surface area contributed by atoms with Crippen molar-refractivity contribution in [3.8, 4) is 0 Å². The summed E-state index contributed by atoms with van der Waals surface area (Å²) in [4.78, 5) is 65.2. The zero-order valence-electron chi connectivity index (χ0n) is 23.6. The molecule has 1 aromatic carbocycles. The van der Waals surface area contributed by atoms with Gasteiger partial charge in [-0.15, -0.1) is 0 Å². The molecule has 0 aromatic heterocycles. The van der Waals surface area contributed by atoms with Crippen LogP contribution in [0.1, 0.15) is 83.4 Å². The topological polar surface area (TPSA) is 157 Å². The summed E-state index contributed by atoms with van der Waals surface area (Å²) in [6.45, 7) is 8.97. The van der Waals surface area contributed by atoms with Crippen LogP contribution in [0.5, 0.6) is 0 Å². The number of hydrogen-bond donors (Lipinski definition) is 3. The summed E-state index contributed by atoms with van der Waals surface area (Å²) in [5, 5.41) is 5.35. The first kappa shape index (κ1) is 31.6. The first-order valence-corrected chi connectivity index (χ1v) is 13.4. The van der Waals surface area contributed by atoms with Crippen molar-refractivity contribution in [3.63, 3.8) is 0 Å². The zero-order chi connectivity index (χ0) is 29.2. The fourth-order valence-electron chi connectivity index (χ4n) is 4.16. The molecule has 39 heavy (non-hydrogen) atoms. The van der Waals surface area contributed by atoms with Crippen LogP contribution in [-0.4, -0.2) is 65.5 Å². The van der Waals surface area contributed by atoms with Crippen LogP contribution < -0.4 is 16.4 Å². The number of hydrogen-bond acceptors (Lipinski definition) is 7. The summed E-state index contributed by atoms with van der Waals surface area (Å²) < 4.78 is 10.3. The Balaban J connectivity index is 2.41. The normalized spacial score (nSPS) is 14.8. The van der Waals surface area contributed by atoms with E-state index in [0.29, 0.717) is 18.4 Å². The molecule has 2 unspecified atom stereocenters. The van der Waals surface area contributed by atoms with Gasteiger partial charge < -0.3 is 30.7 Å². The van der Waals surface area contributed by atoms with Crippen LogP contribution in [0.2, 0.25) is 0 Å². The Labute approximate surface area is 230 Å². The standard InChI is InChI=1S/C28H42N4O7/c1-6-38-23(34)16-17-30-25(35)24(19-12-10-18(2)11-13-19)32(20-8-7-9-20)26(36)21(14-15-22(29)33)31-27(37)39-28(3,4)5/h10-13,20-21,24H,6-9,14-17H2,1-5H3,(H2,29,33)(H,30,35)(H,31,37). The van der Waals surface area contributed by atoms with E-state index in [9.17, 15) is 24.0 Å². The Morgan fingerprint density at radius 1 is 1.08 bits per heavy atom. The summed E-state index contributed by atoms with van der Waals surface area (Å²) in [7, 11) is 0. The van der Waals surface area contributed by atoms with Crippen molar-refractivity contribution in [2.45, 2.75) is 96.9 Å². The van der Waals surface area contributed by atoms with E-state index < -0.39 is 47.5 Å². The molecule has 0 radical (unpaired) electrons. The lowest BCUT2D eigenvalue weighted by Gasteiger charge is -2.43. The number of carbonyl (C=O) groups excluding carboxylic acids is 5. The van der Waals surface area contributed by atoms with Crippen molar-refractivity contribution in [1.82, 2.24) is 15.5 Å². The Kier molecular flexibility index (Phi) is 11.7. The van der Waals surface area contributed by atoms with E-state index in [1.54, 1.807) is 39.8 Å². The van der Waals surface area contributed by atoms with E-state index in [-0.39, 0.29) is 38.5 Å². The van der Waals surface area contributed by atoms with Crippen molar-refractivity contribution in [3.05, 3.63) is 35.4 Å². The molecule has 216 valence electrons. The van der Waals surface area contributed by atoms with Gasteiger partial charge in [0.2, 0.25) is 17.7 Å². The third kappa shape index (κ3) is 10.2. The van der Waals surface area contributed by atoms with Crippen molar-refractivity contribution in [2.75, 3.05) is 13.2 Å². The highest BCUT2D eigenvalue weighted by Crippen LogP contribution is 2.34. The summed E-state index contributed by atoms with van der Waals surface area (Å²) in [5.74, 6) is -2.04. The van der Waals surface area contributed by atoms with E-state index in [4.69, 9.17) is 15.2 Å². The number of rotatable bonds is 13. The van der Waals surface area contributed by atoms with Crippen molar-refractivity contribution in [1.29, 1.82) is 0 Å². The number of carbonyl (C=O) groups is 5. The fourth-order valence-corrected chi connectivity index (χ4v) is 4.16. The van der Waals surface area contributed by atoms with Gasteiger partial charge in [0.1, 0.15) is 17.7 Å². The molecule has 0 bridgehead atoms. The predicted octanol–water partition coefficient (Wildman–Crippen LogP) is 2.65. The minimum atomic E-state index is -1.15. The van der Waals surface area contributed by atoms with Gasteiger partial charge in [-0.1, -0.05) is 29.8 Å². The number of nitrogens with zero attached hydrogens (tertiary/aromatic N) is 1. The molecule has 1 fully saturated rings. The Morgan fingerprint density at radius 3 is 2.23 bits per heavy atom. The first-order chi connectivity index (χ1) is 18.3. The van der Waals surface area contributed by atoms with Gasteiger partial charge in [-0.25, -0.2) is 4.79 Å². The highest BCUT2D eigenvalue weighted by molar-refractivity contribution is 5.93. The number of alkyl carbamates (subject to hydrolysis) is 1. The highest BCUT2D eigenvalue weighted by Gasteiger charge is 2.42. The summed E-state index contributed by atoms with van der Waals surface area (Å²) in [5.41, 5.74) is 6.11. The average Bonchev–Trinajstić information content (AvgIpc) is 2.79. The second kappa shape index (κ2) is 14.5. The maximum absolute atomic E-state index is 14.1. The van der Waals surface area contributed by atoms with Crippen LogP contribution in [0.4, 0.5) is 4.79 Å². The number of nitrogens with two attached hydrogens (primary N) is 1. The molecule has 11 heteroatoms. The SMILES string of the molecule is CCOC(=O)CCNC(=O)C(c1ccc(C)cc1)N(C(=O)C(CCC(N)=O)NC(=O)OC(C)(C)C)C1CCC1. The maximum Gasteiger partial charge on any atom is 0.408 e. The van der Waals surface area contributed by atoms with Gasteiger partial charge in [-0.2, -0.15) is 0 Å². The minimum Gasteiger partial charge on any atom is -0.466 e. The number of ether oxygens (including phenoxy) is 2. The molecule has 2 rings (SSSR count). The Hall–Kier alpha value is -3.63. The maximum atomic E-state index is 14.1. The lowest BCUT2D eigenvalue weighted by atomic mass is 9.87. The molecule has 0 aliphatic heterocycles. The molecular weight excluding hydrogens is 504 g/mol. The molecule has 1 aliphatic carbocycles. The summed E-state index contributed by atoms with van der Waals surface area (Å²) >= 11 is 0. The van der Waals surface area contributed by atoms with Crippen LogP contribution in [0.25, 0.3) is 0 Å². The third-order valence-corrected chi connectivity index (χ3v) is 6.24. The van der Waals surface area contributed by atoms with Gasteiger partial charge in [0.15, 0.2) is 0 Å². The van der Waals surface area contributed by atoms with Crippen LogP contribution in [0.3, 0.4) is 0 Å². The zero-order valence-corrected chi connectivity index (χ0v) is 23.6. The van der Waals surface area contributed by atoms with Gasteiger partial charge in [0.05, 0.1) is 13.0 Å². The van der Waals surface area contributed by atoms with E-state index >= 15 is 0 Å². The molecule has 2 atom stereocenters. The van der Waals surface area contributed by atoms with Crippen LogP contribution in [-0.2, 0) is 28.7 Å². The molecule has 1 aliphatic rings. The van der Waals surface area contributed by atoms with Gasteiger partial charge in [0, 0.05) is 19.0 Å². The predicted molar refractivity (Wildman–Crippen MR) is 144 cm³/mol. The first-order valence-electron chi connectivity index (χ1n) is 13.4. The molecule has 1 aromatic rings. The monoisotopic (exact) mass is 546 g/mol. The van der Waals surface area contributed by atoms with Crippen LogP contribution in [0.15, 0.2) is 24.3 Å². The van der Waals surface area contributed by atoms with Crippen molar-refractivity contribution >= 4 is 29.8 Å². The molecule has 0 spiro atoms. The molecule has 0 saturated heterocycles. The smallest absolute Gasteiger partial charge is 0.408 e. The second-order valence-corrected chi connectivity index (χ2v) is 10.7. The number of primary amides is 1. The number of aryl methyl sites for hydroxylation is 1. The van der Waals surface area contributed by atoms with Crippen molar-refractivity contribution in [2.24, 2.45) is 5.73 Å². The van der Waals surface area contributed by atoms with Gasteiger partial charge in [-0.05, 0) is 65.9 Å². The second-order valence-electron chi connectivity index (χ2n) is 10.7. The molecule has 4 amide bonds. The highest BCUT2D eigenvalue weighted by atomic mass is 16.6. The largest absolute Gasteiger partial charge is 0.466 e. The summed E-state index contributed by atoms with van der Waals surface area (Å²) in [6.07, 6.45) is 1.21. The molecule has 11 nitrogen and oxygen atoms in total. The van der Waals surface area contributed by atoms with E-state index in [1.165, 1.54) is 4.90 Å². The lowest BCUT2D eigenvalue weighted by molar-refractivity contribution is -0.148. The average molecular weight is 547 g/mol. The quantitative estimate of drug-likeness (QED) is 0.321. The van der Waals surface area contributed by atoms with Crippen LogP contribution >= 0.6 is 0 Å². The molecular formula is C28H42N4O7. The van der Waals surface area contributed by atoms with Crippen LogP contribution in [0, 0.1) is 6.92 Å². The fraction of sp³-hybridized carbons (Fsp3) is 0.607. The number of amides is 4. The number of benzene rings is 1. The summed E-state index contributed by atoms with van der Waals surface area (Å²) in [6, 6.07) is 4.83. The lowest BCUT2D eigenvalue weighted by Crippen LogP contribution is -2.57. The van der Waals surface area contributed by atoms with E-state index in [0.717, 1.165) is 12.0 Å². The third-order valence-electron chi connectivity index (χ3n) is 6.24. The van der Waals surface area contributed by atoms with Crippen molar-refractivity contribution < 1.29 is 33.4 Å². The molecule has 4 N–H and O–H groups in total.